The topological polar surface area (TPSA) is 124 Å². The first-order chi connectivity index (χ1) is 15.0. The molecule has 4 N–H and O–H groups in total. The minimum absolute atomic E-state index is 0.139. The molecule has 3 amide bonds. The molecule has 0 bridgehead atoms. The van der Waals surface area contributed by atoms with Crippen LogP contribution in [0.1, 0.15) is 65.3 Å². The Morgan fingerprint density at radius 3 is 2.77 bits per heavy atom. The second kappa shape index (κ2) is 7.81. The molecule has 2 atom stereocenters. The number of amides is 3. The summed E-state index contributed by atoms with van der Waals surface area (Å²) in [6.07, 6.45) is 5.52. The molecule has 3 aliphatic rings. The summed E-state index contributed by atoms with van der Waals surface area (Å²) in [5, 5.41) is 9.51. The van der Waals surface area contributed by atoms with Gasteiger partial charge < -0.3 is 10.6 Å². The Morgan fingerprint density at radius 2 is 2.00 bits per heavy atom. The maximum atomic E-state index is 13.1. The Bertz CT molecular complexity index is 1050. The molecule has 0 aliphatic carbocycles. The highest BCUT2D eigenvalue weighted by atomic mass is 16.2. The van der Waals surface area contributed by atoms with Crippen LogP contribution in [0.25, 0.3) is 0 Å². The fourth-order valence-corrected chi connectivity index (χ4v) is 5.10. The van der Waals surface area contributed by atoms with Gasteiger partial charge in [0.15, 0.2) is 0 Å². The smallest absolute Gasteiger partial charge is 0.255 e. The van der Waals surface area contributed by atoms with Crippen molar-refractivity contribution in [2.24, 2.45) is 0 Å². The van der Waals surface area contributed by atoms with E-state index < -0.39 is 6.04 Å². The molecule has 1 aromatic heterocycles. The molecule has 1 aromatic carbocycles. The molecule has 0 spiro atoms. The summed E-state index contributed by atoms with van der Waals surface area (Å²) in [6, 6.07) is 5.35. The van der Waals surface area contributed by atoms with Crippen molar-refractivity contribution in [1.82, 2.24) is 25.3 Å². The van der Waals surface area contributed by atoms with Gasteiger partial charge in [-0.3, -0.25) is 29.7 Å². The molecule has 162 valence electrons. The van der Waals surface area contributed by atoms with E-state index in [0.29, 0.717) is 30.8 Å². The monoisotopic (exact) mass is 422 g/mol. The quantitative estimate of drug-likeness (QED) is 0.641. The second-order valence-corrected chi connectivity index (χ2v) is 8.56. The number of hydrogen-bond donors (Lipinski definition) is 3. The average Bonchev–Trinajstić information content (AvgIpc) is 3.33. The summed E-state index contributed by atoms with van der Waals surface area (Å²) in [5.74, 6) is -0.801. The predicted octanol–water partition coefficient (Wildman–Crippen LogP) is 1.48. The highest BCUT2D eigenvalue weighted by Crippen LogP contribution is 2.36. The normalized spacial score (nSPS) is 24.4. The molecule has 2 saturated heterocycles. The van der Waals surface area contributed by atoms with Gasteiger partial charge in [-0.25, -0.2) is 0 Å². The van der Waals surface area contributed by atoms with Crippen molar-refractivity contribution in [2.45, 2.75) is 57.3 Å². The fourth-order valence-electron chi connectivity index (χ4n) is 5.10. The van der Waals surface area contributed by atoms with Gasteiger partial charge in [-0.05, 0) is 43.0 Å². The zero-order chi connectivity index (χ0) is 21.5. The van der Waals surface area contributed by atoms with Crippen molar-refractivity contribution in [2.75, 3.05) is 12.3 Å². The van der Waals surface area contributed by atoms with E-state index in [1.54, 1.807) is 11.1 Å². The first-order valence-electron chi connectivity index (χ1n) is 10.8. The number of nitrogen functional groups attached to an aromatic ring is 1. The van der Waals surface area contributed by atoms with E-state index in [9.17, 15) is 14.4 Å². The molecule has 4 heterocycles. The number of imide groups is 1. The second-order valence-electron chi connectivity index (χ2n) is 8.56. The number of nitrogens with two attached hydrogens (primary N) is 1. The van der Waals surface area contributed by atoms with Crippen molar-refractivity contribution in [3.8, 4) is 0 Å². The van der Waals surface area contributed by atoms with Gasteiger partial charge in [-0.2, -0.15) is 5.10 Å². The Morgan fingerprint density at radius 1 is 1.13 bits per heavy atom. The number of aromatic nitrogens is 2. The number of aromatic amines is 1. The van der Waals surface area contributed by atoms with Crippen LogP contribution in [0.5, 0.6) is 0 Å². The fraction of sp³-hybridized carbons (Fsp3) is 0.455. The molecule has 2 fully saturated rings. The number of piperidine rings is 2. The third-order valence-corrected chi connectivity index (χ3v) is 6.70. The summed E-state index contributed by atoms with van der Waals surface area (Å²) >= 11 is 0. The molecular formula is C22H26N6O3. The maximum absolute atomic E-state index is 13.1. The molecule has 3 aliphatic heterocycles. The Kier molecular flexibility index (Phi) is 4.97. The number of carbonyl (C=O) groups excluding carboxylic acids is 3. The number of H-pyrrole nitrogens is 1. The summed E-state index contributed by atoms with van der Waals surface area (Å²) in [5.41, 5.74) is 10.5. The van der Waals surface area contributed by atoms with Gasteiger partial charge in [0.25, 0.3) is 5.91 Å². The van der Waals surface area contributed by atoms with Crippen molar-refractivity contribution >= 4 is 23.4 Å². The van der Waals surface area contributed by atoms with Crippen molar-refractivity contribution in [3.63, 3.8) is 0 Å². The third kappa shape index (κ3) is 3.48. The standard InChI is InChI=1S/C22H26N6O3/c23-16-10-24-26-20(16)17-6-1-2-9-27(17)11-13-4-3-5-14-15(13)12-28(22(14)31)18-7-8-19(29)25-21(18)30/h3-5,10,17-18H,1-2,6-9,11-12,23H2,(H,24,26)(H,25,29,30). The number of likely N-dealkylation sites (tertiary alicyclic amines) is 1. The van der Waals surface area contributed by atoms with Gasteiger partial charge in [0.2, 0.25) is 11.8 Å². The molecule has 9 heteroatoms. The first kappa shape index (κ1) is 19.7. The van der Waals surface area contributed by atoms with Crippen LogP contribution in [0.3, 0.4) is 0 Å². The molecule has 0 radical (unpaired) electrons. The third-order valence-electron chi connectivity index (χ3n) is 6.70. The highest BCUT2D eigenvalue weighted by Gasteiger charge is 2.40. The van der Waals surface area contributed by atoms with Crippen LogP contribution in [0.2, 0.25) is 0 Å². The number of rotatable bonds is 4. The van der Waals surface area contributed by atoms with Crippen molar-refractivity contribution in [3.05, 3.63) is 46.8 Å². The van der Waals surface area contributed by atoms with Gasteiger partial charge >= 0.3 is 0 Å². The van der Waals surface area contributed by atoms with E-state index in [-0.39, 0.29) is 30.2 Å². The lowest BCUT2D eigenvalue weighted by Gasteiger charge is -2.35. The number of nitrogens with one attached hydrogen (secondary N) is 2. The van der Waals surface area contributed by atoms with E-state index in [4.69, 9.17) is 5.73 Å². The molecule has 31 heavy (non-hydrogen) atoms. The van der Waals surface area contributed by atoms with E-state index in [2.05, 4.69) is 26.5 Å². The van der Waals surface area contributed by atoms with E-state index in [0.717, 1.165) is 42.6 Å². The number of anilines is 1. The van der Waals surface area contributed by atoms with Crippen LogP contribution in [0, 0.1) is 0 Å². The molecule has 0 saturated carbocycles. The SMILES string of the molecule is Nc1cn[nH]c1C1CCCCN1Cc1cccc2c1CN(C1CCC(=O)NC1=O)C2=O. The Labute approximate surface area is 180 Å². The zero-order valence-electron chi connectivity index (χ0n) is 17.3. The lowest BCUT2D eigenvalue weighted by molar-refractivity contribution is -0.136. The van der Waals surface area contributed by atoms with Crippen LogP contribution in [0.15, 0.2) is 24.4 Å². The summed E-state index contributed by atoms with van der Waals surface area (Å²) in [6.45, 7) is 2.03. The van der Waals surface area contributed by atoms with E-state index in [1.807, 2.05) is 12.1 Å². The van der Waals surface area contributed by atoms with Gasteiger partial charge in [-0.15, -0.1) is 0 Å². The minimum Gasteiger partial charge on any atom is -0.396 e. The largest absolute Gasteiger partial charge is 0.396 e. The average molecular weight is 422 g/mol. The maximum Gasteiger partial charge on any atom is 0.255 e. The molecule has 9 nitrogen and oxygen atoms in total. The van der Waals surface area contributed by atoms with Crippen LogP contribution in [-0.2, 0) is 22.7 Å². The van der Waals surface area contributed by atoms with Crippen LogP contribution < -0.4 is 11.1 Å². The number of nitrogens with zero attached hydrogens (tertiary/aromatic N) is 3. The van der Waals surface area contributed by atoms with E-state index >= 15 is 0 Å². The summed E-state index contributed by atoms with van der Waals surface area (Å²) in [7, 11) is 0. The summed E-state index contributed by atoms with van der Waals surface area (Å²) in [4.78, 5) is 40.9. The number of fused-ring (bicyclic) bond motifs is 1. The van der Waals surface area contributed by atoms with Crippen molar-refractivity contribution in [1.29, 1.82) is 0 Å². The first-order valence-corrected chi connectivity index (χ1v) is 10.8. The van der Waals surface area contributed by atoms with Crippen LogP contribution >= 0.6 is 0 Å². The Hall–Kier alpha value is -3.20. The lowest BCUT2D eigenvalue weighted by Crippen LogP contribution is -2.52. The van der Waals surface area contributed by atoms with E-state index in [1.165, 1.54) is 0 Å². The molecular weight excluding hydrogens is 396 g/mol. The molecule has 5 rings (SSSR count). The molecule has 2 aromatic rings. The summed E-state index contributed by atoms with van der Waals surface area (Å²) < 4.78 is 0. The van der Waals surface area contributed by atoms with Gasteiger partial charge in [0, 0.05) is 25.1 Å². The van der Waals surface area contributed by atoms with Gasteiger partial charge in [0.1, 0.15) is 6.04 Å². The number of hydrogen-bond acceptors (Lipinski definition) is 6. The molecule has 2 unspecified atom stereocenters. The predicted molar refractivity (Wildman–Crippen MR) is 112 cm³/mol. The van der Waals surface area contributed by atoms with Gasteiger partial charge in [0.05, 0.1) is 23.6 Å². The van der Waals surface area contributed by atoms with Crippen LogP contribution in [-0.4, -0.2) is 50.3 Å². The Balaban J connectivity index is 1.40. The highest BCUT2D eigenvalue weighted by molar-refractivity contribution is 6.05. The minimum atomic E-state index is -0.599. The van der Waals surface area contributed by atoms with Gasteiger partial charge in [-0.1, -0.05) is 18.6 Å². The van der Waals surface area contributed by atoms with Crippen molar-refractivity contribution < 1.29 is 14.4 Å². The zero-order valence-corrected chi connectivity index (χ0v) is 17.3. The number of benzene rings is 1. The lowest BCUT2D eigenvalue weighted by atomic mass is 9.96. The number of carbonyl (C=O) groups is 3. The van der Waals surface area contributed by atoms with Crippen LogP contribution in [0.4, 0.5) is 5.69 Å².